The normalized spacial score (nSPS) is 14.2. The van der Waals surface area contributed by atoms with Crippen LogP contribution >= 0.6 is 11.3 Å². The van der Waals surface area contributed by atoms with Crippen LogP contribution in [0.2, 0.25) is 0 Å². The van der Waals surface area contributed by atoms with Gasteiger partial charge in [-0.1, -0.05) is 30.3 Å². The minimum atomic E-state index is -4.93. The average Bonchev–Trinajstić information content (AvgIpc) is 2.97. The van der Waals surface area contributed by atoms with Crippen LogP contribution < -0.4 is 10.6 Å². The van der Waals surface area contributed by atoms with Crippen LogP contribution in [-0.4, -0.2) is 23.9 Å². The number of nitrogens with one attached hydrogen (secondary N) is 2. The van der Waals surface area contributed by atoms with Gasteiger partial charge in [-0.25, -0.2) is 4.79 Å². The summed E-state index contributed by atoms with van der Waals surface area (Å²) in [4.78, 5) is 11.6. The summed E-state index contributed by atoms with van der Waals surface area (Å²) in [6, 6.07) is 9.11. The number of amides is 2. The second-order valence-corrected chi connectivity index (χ2v) is 5.46. The molecule has 0 fully saturated rings. The summed E-state index contributed by atoms with van der Waals surface area (Å²) in [5, 5.41) is 16.7. The van der Waals surface area contributed by atoms with Crippen LogP contribution in [0.5, 0.6) is 0 Å². The van der Waals surface area contributed by atoms with Crippen LogP contribution in [0.15, 0.2) is 47.8 Å². The Morgan fingerprint density at radius 3 is 2.36 bits per heavy atom. The Kier molecular flexibility index (Phi) is 4.72. The van der Waals surface area contributed by atoms with Crippen LogP contribution in [0.4, 0.5) is 23.0 Å². The molecule has 4 nitrogen and oxygen atoms in total. The number of rotatable bonds is 4. The van der Waals surface area contributed by atoms with Gasteiger partial charge in [-0.15, -0.1) is 11.3 Å². The molecule has 0 spiro atoms. The number of carbonyl (C=O) groups is 1. The Morgan fingerprint density at radius 1 is 1.14 bits per heavy atom. The molecule has 3 N–H and O–H groups in total. The van der Waals surface area contributed by atoms with Crippen LogP contribution in [0.25, 0.3) is 0 Å². The second kappa shape index (κ2) is 6.37. The molecule has 1 heterocycles. The van der Waals surface area contributed by atoms with Crippen LogP contribution in [-0.2, 0) is 5.60 Å². The van der Waals surface area contributed by atoms with Crippen molar-refractivity contribution in [2.75, 3.05) is 11.9 Å². The molecule has 1 aromatic carbocycles. The van der Waals surface area contributed by atoms with Gasteiger partial charge in [0.05, 0.1) is 11.5 Å². The SMILES string of the molecule is O=C(NCC(O)(c1ccccc1)C(F)(F)F)Nc1cccs1. The molecule has 0 aliphatic heterocycles. The van der Waals surface area contributed by atoms with E-state index < -0.39 is 24.4 Å². The average molecular weight is 330 g/mol. The highest BCUT2D eigenvalue weighted by Gasteiger charge is 2.55. The summed E-state index contributed by atoms with van der Waals surface area (Å²) in [6.45, 7) is -0.988. The van der Waals surface area contributed by atoms with E-state index in [0.29, 0.717) is 5.00 Å². The molecule has 0 saturated carbocycles. The van der Waals surface area contributed by atoms with Crippen LogP contribution in [0.3, 0.4) is 0 Å². The first-order valence-corrected chi connectivity index (χ1v) is 7.14. The fraction of sp³-hybridized carbons (Fsp3) is 0.214. The minimum Gasteiger partial charge on any atom is -0.375 e. The van der Waals surface area contributed by atoms with Gasteiger partial charge in [-0.3, -0.25) is 5.32 Å². The van der Waals surface area contributed by atoms with E-state index in [9.17, 15) is 23.1 Å². The first-order valence-electron chi connectivity index (χ1n) is 6.26. The van der Waals surface area contributed by atoms with E-state index in [4.69, 9.17) is 0 Å². The number of hydrogen-bond donors (Lipinski definition) is 3. The topological polar surface area (TPSA) is 61.4 Å². The van der Waals surface area contributed by atoms with Crippen LogP contribution in [0.1, 0.15) is 5.56 Å². The summed E-state index contributed by atoms with van der Waals surface area (Å²) in [5.74, 6) is 0. The standard InChI is InChI=1S/C14H13F3N2O2S/c15-14(16,17)13(21,10-5-2-1-3-6-10)9-18-12(20)19-11-7-4-8-22-11/h1-8,21H,9H2,(H2,18,19,20). The van der Waals surface area contributed by atoms with E-state index in [0.717, 1.165) is 12.1 Å². The predicted molar refractivity (Wildman–Crippen MR) is 77.7 cm³/mol. The summed E-state index contributed by atoms with van der Waals surface area (Å²) < 4.78 is 39.6. The molecule has 118 valence electrons. The van der Waals surface area contributed by atoms with Gasteiger partial charge in [-0.05, 0) is 23.1 Å². The molecule has 0 bridgehead atoms. The van der Waals surface area contributed by atoms with Gasteiger partial charge in [0.1, 0.15) is 0 Å². The van der Waals surface area contributed by atoms with Gasteiger partial charge in [0, 0.05) is 0 Å². The van der Waals surface area contributed by atoms with Gasteiger partial charge in [0.15, 0.2) is 0 Å². The number of thiophene rings is 1. The maximum Gasteiger partial charge on any atom is 0.423 e. The number of halogens is 3. The lowest BCUT2D eigenvalue weighted by atomic mass is 9.93. The highest BCUT2D eigenvalue weighted by atomic mass is 32.1. The number of aliphatic hydroxyl groups is 1. The first-order chi connectivity index (χ1) is 10.3. The van der Waals surface area contributed by atoms with Crippen molar-refractivity contribution >= 4 is 22.4 Å². The molecule has 8 heteroatoms. The monoisotopic (exact) mass is 330 g/mol. The molecular weight excluding hydrogens is 317 g/mol. The molecule has 2 amide bonds. The molecule has 2 aromatic rings. The Balaban J connectivity index is 2.10. The van der Waals surface area contributed by atoms with Crippen LogP contribution in [0, 0.1) is 0 Å². The highest BCUT2D eigenvalue weighted by Crippen LogP contribution is 2.38. The maximum atomic E-state index is 13.2. The largest absolute Gasteiger partial charge is 0.423 e. The van der Waals surface area contributed by atoms with E-state index >= 15 is 0 Å². The zero-order chi connectivity index (χ0) is 16.2. The maximum absolute atomic E-state index is 13.2. The third-order valence-corrected chi connectivity index (χ3v) is 3.77. The number of hydrogen-bond acceptors (Lipinski definition) is 3. The van der Waals surface area contributed by atoms with Gasteiger partial charge >= 0.3 is 12.2 Å². The molecule has 0 aliphatic rings. The van der Waals surface area contributed by atoms with Crippen molar-refractivity contribution in [3.63, 3.8) is 0 Å². The predicted octanol–water partition coefficient (Wildman–Crippen LogP) is 3.32. The zero-order valence-corrected chi connectivity index (χ0v) is 12.0. The molecule has 0 saturated heterocycles. The number of alkyl halides is 3. The molecule has 0 radical (unpaired) electrons. The Hall–Kier alpha value is -2.06. The third-order valence-electron chi connectivity index (χ3n) is 2.98. The lowest BCUT2D eigenvalue weighted by Gasteiger charge is -2.31. The number of anilines is 1. The van der Waals surface area contributed by atoms with Gasteiger partial charge in [0.2, 0.25) is 5.60 Å². The Labute approximate surface area is 128 Å². The molecule has 22 heavy (non-hydrogen) atoms. The molecular formula is C14H13F3N2O2S. The van der Waals surface area contributed by atoms with Crippen molar-refractivity contribution in [2.45, 2.75) is 11.8 Å². The highest BCUT2D eigenvalue weighted by molar-refractivity contribution is 7.14. The van der Waals surface area contributed by atoms with Crippen molar-refractivity contribution in [2.24, 2.45) is 0 Å². The van der Waals surface area contributed by atoms with Crippen molar-refractivity contribution in [1.29, 1.82) is 0 Å². The van der Waals surface area contributed by atoms with Crippen molar-refractivity contribution < 1.29 is 23.1 Å². The summed E-state index contributed by atoms with van der Waals surface area (Å²) in [7, 11) is 0. The Bertz CT molecular complexity index is 617. The third kappa shape index (κ3) is 3.58. The van der Waals surface area contributed by atoms with Crippen molar-refractivity contribution in [1.82, 2.24) is 5.32 Å². The molecule has 2 rings (SSSR count). The first kappa shape index (κ1) is 16.3. The quantitative estimate of drug-likeness (QED) is 0.805. The fourth-order valence-corrected chi connectivity index (χ4v) is 2.41. The molecule has 1 aromatic heterocycles. The summed E-state index contributed by atoms with van der Waals surface area (Å²) in [5.41, 5.74) is -3.49. The number of benzene rings is 1. The smallest absolute Gasteiger partial charge is 0.375 e. The zero-order valence-electron chi connectivity index (χ0n) is 11.2. The van der Waals surface area contributed by atoms with E-state index in [-0.39, 0.29) is 5.56 Å². The van der Waals surface area contributed by atoms with Crippen molar-refractivity contribution in [3.05, 3.63) is 53.4 Å². The number of carbonyl (C=O) groups excluding carboxylic acids is 1. The molecule has 0 aliphatic carbocycles. The van der Waals surface area contributed by atoms with E-state index in [1.807, 2.05) is 0 Å². The van der Waals surface area contributed by atoms with Gasteiger partial charge < -0.3 is 10.4 Å². The summed E-state index contributed by atoms with van der Waals surface area (Å²) in [6.07, 6.45) is -4.93. The fourth-order valence-electron chi connectivity index (χ4n) is 1.79. The van der Waals surface area contributed by atoms with Crippen molar-refractivity contribution in [3.8, 4) is 0 Å². The minimum absolute atomic E-state index is 0.334. The Morgan fingerprint density at radius 2 is 1.82 bits per heavy atom. The van der Waals surface area contributed by atoms with Gasteiger partial charge in [0.25, 0.3) is 0 Å². The lowest BCUT2D eigenvalue weighted by molar-refractivity contribution is -0.263. The van der Waals surface area contributed by atoms with E-state index in [2.05, 4.69) is 10.6 Å². The van der Waals surface area contributed by atoms with E-state index in [1.165, 1.54) is 29.5 Å². The number of urea groups is 1. The molecule has 1 unspecified atom stereocenters. The summed E-state index contributed by atoms with van der Waals surface area (Å²) >= 11 is 1.23. The van der Waals surface area contributed by atoms with Gasteiger partial charge in [-0.2, -0.15) is 13.2 Å². The lowest BCUT2D eigenvalue weighted by Crippen LogP contribution is -2.51. The second-order valence-electron chi connectivity index (χ2n) is 4.51. The molecule has 1 atom stereocenters. The van der Waals surface area contributed by atoms with E-state index in [1.54, 1.807) is 17.5 Å².